The lowest BCUT2D eigenvalue weighted by Gasteiger charge is -2.32. The minimum Gasteiger partial charge on any atom is -0.427 e. The fourth-order valence-corrected chi connectivity index (χ4v) is 2.72. The molecule has 1 aromatic rings. The quantitative estimate of drug-likeness (QED) is 0.649. The van der Waals surface area contributed by atoms with Gasteiger partial charge in [-0.3, -0.25) is 14.4 Å². The number of nitrogens with one attached hydrogen (secondary N) is 1. The van der Waals surface area contributed by atoms with E-state index in [9.17, 15) is 27.6 Å². The Morgan fingerprint density at radius 1 is 1.23 bits per heavy atom. The summed E-state index contributed by atoms with van der Waals surface area (Å²) in [6.07, 6.45) is -3.90. The van der Waals surface area contributed by atoms with E-state index in [4.69, 9.17) is 4.74 Å². The second kappa shape index (κ2) is 8.20. The maximum atomic E-state index is 12.5. The Kier molecular flexibility index (Phi) is 6.23. The van der Waals surface area contributed by atoms with Gasteiger partial charge in [-0.05, 0) is 37.0 Å². The normalized spacial score (nSPS) is 15.5. The van der Waals surface area contributed by atoms with Gasteiger partial charge in [-0.15, -0.1) is 0 Å². The molecule has 0 aromatic heterocycles. The second-order valence-corrected chi connectivity index (χ2v) is 6.06. The van der Waals surface area contributed by atoms with Crippen molar-refractivity contribution < 1.29 is 32.3 Å². The number of ether oxygens (including phenoxy) is 1. The topological polar surface area (TPSA) is 75.7 Å². The summed E-state index contributed by atoms with van der Waals surface area (Å²) in [6, 6.07) is 6.24. The van der Waals surface area contributed by atoms with E-state index in [1.165, 1.54) is 13.0 Å². The van der Waals surface area contributed by atoms with Crippen molar-refractivity contribution in [2.45, 2.75) is 25.9 Å². The van der Waals surface area contributed by atoms with Crippen LogP contribution in [0.3, 0.4) is 0 Å². The molecule has 1 aliphatic heterocycles. The number of rotatable bonds is 4. The average molecular weight is 372 g/mol. The minimum absolute atomic E-state index is 0.0672. The number of halogens is 3. The van der Waals surface area contributed by atoms with Crippen LogP contribution in [0, 0.1) is 5.92 Å². The molecule has 142 valence electrons. The average Bonchev–Trinajstić information content (AvgIpc) is 2.58. The molecule has 0 aliphatic carbocycles. The Morgan fingerprint density at radius 2 is 1.88 bits per heavy atom. The Morgan fingerprint density at radius 3 is 2.46 bits per heavy atom. The second-order valence-electron chi connectivity index (χ2n) is 6.06. The van der Waals surface area contributed by atoms with E-state index in [0.29, 0.717) is 31.5 Å². The summed E-state index contributed by atoms with van der Waals surface area (Å²) in [6.45, 7) is 1.95. The third-order valence-electron chi connectivity index (χ3n) is 4.05. The van der Waals surface area contributed by atoms with Crippen molar-refractivity contribution in [3.63, 3.8) is 0 Å². The molecule has 6 nitrogen and oxygen atoms in total. The molecule has 0 saturated carbocycles. The van der Waals surface area contributed by atoms with E-state index in [2.05, 4.69) is 0 Å². The lowest BCUT2D eigenvalue weighted by molar-refractivity contribution is -0.173. The molecule has 1 fully saturated rings. The van der Waals surface area contributed by atoms with Crippen molar-refractivity contribution in [3.8, 4) is 5.75 Å². The summed E-state index contributed by atoms with van der Waals surface area (Å²) >= 11 is 0. The Labute approximate surface area is 148 Å². The van der Waals surface area contributed by atoms with Crippen LogP contribution in [0.1, 0.15) is 30.1 Å². The maximum Gasteiger partial charge on any atom is 0.471 e. The molecule has 26 heavy (non-hydrogen) atoms. The van der Waals surface area contributed by atoms with Gasteiger partial charge in [0.05, 0.1) is 0 Å². The van der Waals surface area contributed by atoms with Crippen LogP contribution >= 0.6 is 0 Å². The first-order chi connectivity index (χ1) is 12.2. The number of carbonyl (C=O) groups is 3. The fourth-order valence-electron chi connectivity index (χ4n) is 2.72. The summed E-state index contributed by atoms with van der Waals surface area (Å²) in [5, 5.41) is 1.88. The molecule has 0 spiro atoms. The number of benzene rings is 1. The smallest absolute Gasteiger partial charge is 0.427 e. The molecule has 9 heteroatoms. The van der Waals surface area contributed by atoms with Crippen molar-refractivity contribution in [2.24, 2.45) is 5.92 Å². The van der Waals surface area contributed by atoms with Crippen LogP contribution in [0.5, 0.6) is 5.75 Å². The molecule has 2 amide bonds. The molecule has 0 unspecified atom stereocenters. The number of carbonyl (C=O) groups excluding carboxylic acids is 3. The van der Waals surface area contributed by atoms with Gasteiger partial charge < -0.3 is 15.0 Å². The molecule has 1 aliphatic rings. The third kappa shape index (κ3) is 5.47. The van der Waals surface area contributed by atoms with Crippen LogP contribution in [0.2, 0.25) is 0 Å². The van der Waals surface area contributed by atoms with Crippen LogP contribution in [-0.4, -0.2) is 48.5 Å². The van der Waals surface area contributed by atoms with Gasteiger partial charge in [-0.1, -0.05) is 6.07 Å². The summed E-state index contributed by atoms with van der Waals surface area (Å²) in [4.78, 5) is 35.9. The first kappa shape index (κ1) is 19.7. The zero-order valence-electron chi connectivity index (χ0n) is 14.1. The van der Waals surface area contributed by atoms with Crippen molar-refractivity contribution in [2.75, 3.05) is 19.6 Å². The van der Waals surface area contributed by atoms with Crippen molar-refractivity contribution in [1.82, 2.24) is 10.2 Å². The first-order valence-corrected chi connectivity index (χ1v) is 8.09. The number of alkyl halides is 3. The summed E-state index contributed by atoms with van der Waals surface area (Å²) in [5.41, 5.74) is 0.368. The zero-order chi connectivity index (χ0) is 19.3. The highest BCUT2D eigenvalue weighted by molar-refractivity contribution is 5.94. The lowest BCUT2D eigenvalue weighted by Crippen LogP contribution is -2.44. The number of piperidine rings is 1. The van der Waals surface area contributed by atoms with Crippen molar-refractivity contribution >= 4 is 17.8 Å². The maximum absolute atomic E-state index is 12.5. The highest BCUT2D eigenvalue weighted by Crippen LogP contribution is 2.21. The Hall–Kier alpha value is -2.58. The standard InChI is InChI=1S/C17H19F3N2O4/c1-11(23)26-14-4-2-3-13(9-14)15(24)22-7-5-12(6-8-22)10-21-16(25)17(18,19)20/h2-4,9,12H,5-8,10H2,1H3,(H,21,25). The van der Waals surface area contributed by atoms with E-state index in [-0.39, 0.29) is 24.1 Å². The lowest BCUT2D eigenvalue weighted by atomic mass is 9.96. The number of likely N-dealkylation sites (tertiary alicyclic amines) is 1. The summed E-state index contributed by atoms with van der Waals surface area (Å²) in [7, 11) is 0. The Balaban J connectivity index is 1.86. The molecular formula is C17H19F3N2O4. The molecule has 0 atom stereocenters. The Bertz CT molecular complexity index is 683. The van der Waals surface area contributed by atoms with E-state index in [1.54, 1.807) is 23.1 Å². The molecule has 1 saturated heterocycles. The van der Waals surface area contributed by atoms with Crippen LogP contribution in [0.25, 0.3) is 0 Å². The molecule has 1 N–H and O–H groups in total. The molecule has 1 heterocycles. The van der Waals surface area contributed by atoms with Crippen LogP contribution in [0.15, 0.2) is 24.3 Å². The molecule has 1 aromatic carbocycles. The highest BCUT2D eigenvalue weighted by Gasteiger charge is 2.38. The van der Waals surface area contributed by atoms with Gasteiger partial charge in [0, 0.05) is 32.1 Å². The minimum atomic E-state index is -4.89. The zero-order valence-corrected chi connectivity index (χ0v) is 14.1. The third-order valence-corrected chi connectivity index (χ3v) is 4.05. The number of amides is 2. The van der Waals surface area contributed by atoms with Crippen molar-refractivity contribution in [1.29, 1.82) is 0 Å². The van der Waals surface area contributed by atoms with Gasteiger partial charge in [0.15, 0.2) is 0 Å². The SMILES string of the molecule is CC(=O)Oc1cccc(C(=O)N2CCC(CNC(=O)C(F)(F)F)CC2)c1. The molecular weight excluding hydrogens is 353 g/mol. The van der Waals surface area contributed by atoms with Gasteiger partial charge in [0.1, 0.15) is 5.75 Å². The summed E-state index contributed by atoms with van der Waals surface area (Å²) in [5.74, 6) is -2.52. The van der Waals surface area contributed by atoms with Crippen LogP contribution in [0.4, 0.5) is 13.2 Å². The molecule has 2 rings (SSSR count). The van der Waals surface area contributed by atoms with Gasteiger partial charge in [0.25, 0.3) is 5.91 Å². The van der Waals surface area contributed by atoms with Gasteiger partial charge in [-0.2, -0.15) is 13.2 Å². The predicted octanol–water partition coefficient (Wildman–Crippen LogP) is 2.14. The van der Waals surface area contributed by atoms with Crippen LogP contribution in [-0.2, 0) is 9.59 Å². The number of nitrogens with zero attached hydrogens (tertiary/aromatic N) is 1. The largest absolute Gasteiger partial charge is 0.471 e. The van der Waals surface area contributed by atoms with E-state index in [0.717, 1.165) is 0 Å². The van der Waals surface area contributed by atoms with Gasteiger partial charge in [0.2, 0.25) is 0 Å². The number of esters is 1. The highest BCUT2D eigenvalue weighted by atomic mass is 19.4. The first-order valence-electron chi connectivity index (χ1n) is 8.09. The van der Waals surface area contributed by atoms with E-state index >= 15 is 0 Å². The van der Waals surface area contributed by atoms with E-state index < -0.39 is 18.1 Å². The predicted molar refractivity (Wildman–Crippen MR) is 85.4 cm³/mol. The molecule has 0 radical (unpaired) electrons. The fraction of sp³-hybridized carbons (Fsp3) is 0.471. The number of hydrogen-bond acceptors (Lipinski definition) is 4. The monoisotopic (exact) mass is 372 g/mol. The summed E-state index contributed by atoms with van der Waals surface area (Å²) < 4.78 is 41.5. The van der Waals surface area contributed by atoms with Gasteiger partial charge in [-0.25, -0.2) is 0 Å². The van der Waals surface area contributed by atoms with E-state index in [1.807, 2.05) is 5.32 Å². The van der Waals surface area contributed by atoms with Gasteiger partial charge >= 0.3 is 18.1 Å². The number of hydrogen-bond donors (Lipinski definition) is 1. The van der Waals surface area contributed by atoms with Crippen LogP contribution < -0.4 is 10.1 Å². The van der Waals surface area contributed by atoms with Crippen molar-refractivity contribution in [3.05, 3.63) is 29.8 Å². The molecule has 0 bridgehead atoms.